The van der Waals surface area contributed by atoms with Crippen LogP contribution in [0.25, 0.3) is 11.0 Å². The normalized spacial score (nSPS) is 10.9. The molecule has 0 aliphatic carbocycles. The first kappa shape index (κ1) is 11.7. The van der Waals surface area contributed by atoms with E-state index in [2.05, 4.69) is 15.3 Å². The predicted octanol–water partition coefficient (Wildman–Crippen LogP) is 2.43. The SMILES string of the molecule is Nc1ccccc1CNCc1nc2ccccc2[nH]1. The van der Waals surface area contributed by atoms with Crippen LogP contribution >= 0.6 is 0 Å². The molecular weight excluding hydrogens is 236 g/mol. The molecule has 3 rings (SSSR count). The highest BCUT2D eigenvalue weighted by molar-refractivity contribution is 5.74. The summed E-state index contributed by atoms with van der Waals surface area (Å²) in [6.45, 7) is 1.44. The Morgan fingerprint density at radius 2 is 1.79 bits per heavy atom. The van der Waals surface area contributed by atoms with Gasteiger partial charge in [0.05, 0.1) is 17.6 Å². The Bertz CT molecular complexity index is 654. The van der Waals surface area contributed by atoms with Crippen LogP contribution in [0.5, 0.6) is 0 Å². The molecule has 0 aliphatic heterocycles. The molecule has 3 aromatic rings. The van der Waals surface area contributed by atoms with Crippen molar-refractivity contribution < 1.29 is 0 Å². The topological polar surface area (TPSA) is 66.7 Å². The number of imidazole rings is 1. The number of nitrogen functional groups attached to an aromatic ring is 1. The van der Waals surface area contributed by atoms with Gasteiger partial charge in [-0.2, -0.15) is 0 Å². The van der Waals surface area contributed by atoms with Crippen molar-refractivity contribution in [2.75, 3.05) is 5.73 Å². The standard InChI is InChI=1S/C15H16N4/c16-12-6-2-1-5-11(12)9-17-10-15-18-13-7-3-4-8-14(13)19-15/h1-8,17H,9-10,16H2,(H,18,19). The number of para-hydroxylation sites is 3. The van der Waals surface area contributed by atoms with E-state index in [1.807, 2.05) is 48.5 Å². The van der Waals surface area contributed by atoms with Crippen LogP contribution in [0.4, 0.5) is 5.69 Å². The molecule has 2 aromatic carbocycles. The van der Waals surface area contributed by atoms with Crippen LogP contribution in [-0.4, -0.2) is 9.97 Å². The smallest absolute Gasteiger partial charge is 0.121 e. The Morgan fingerprint density at radius 3 is 2.63 bits per heavy atom. The van der Waals surface area contributed by atoms with Gasteiger partial charge in [0.1, 0.15) is 5.82 Å². The van der Waals surface area contributed by atoms with Crippen molar-refractivity contribution in [1.29, 1.82) is 0 Å². The fourth-order valence-corrected chi connectivity index (χ4v) is 2.10. The Labute approximate surface area is 111 Å². The van der Waals surface area contributed by atoms with Gasteiger partial charge in [0.25, 0.3) is 0 Å². The number of H-pyrrole nitrogens is 1. The first-order valence-corrected chi connectivity index (χ1v) is 6.30. The molecule has 0 spiro atoms. The Morgan fingerprint density at radius 1 is 1.00 bits per heavy atom. The second-order valence-electron chi connectivity index (χ2n) is 4.50. The highest BCUT2D eigenvalue weighted by Crippen LogP contribution is 2.12. The van der Waals surface area contributed by atoms with Crippen LogP contribution < -0.4 is 11.1 Å². The summed E-state index contributed by atoms with van der Waals surface area (Å²) >= 11 is 0. The molecule has 0 atom stereocenters. The summed E-state index contributed by atoms with van der Waals surface area (Å²) in [5.74, 6) is 0.940. The maximum absolute atomic E-state index is 5.90. The van der Waals surface area contributed by atoms with E-state index in [4.69, 9.17) is 5.73 Å². The second-order valence-corrected chi connectivity index (χ2v) is 4.50. The molecule has 0 radical (unpaired) electrons. The van der Waals surface area contributed by atoms with Crippen molar-refractivity contribution in [3.05, 3.63) is 59.9 Å². The van der Waals surface area contributed by atoms with E-state index in [1.165, 1.54) is 0 Å². The van der Waals surface area contributed by atoms with Crippen molar-refractivity contribution in [1.82, 2.24) is 15.3 Å². The minimum atomic E-state index is 0.697. The van der Waals surface area contributed by atoms with Gasteiger partial charge in [-0.3, -0.25) is 0 Å². The van der Waals surface area contributed by atoms with Crippen LogP contribution in [0.1, 0.15) is 11.4 Å². The van der Waals surface area contributed by atoms with Gasteiger partial charge in [-0.25, -0.2) is 4.98 Å². The minimum absolute atomic E-state index is 0.697. The summed E-state index contributed by atoms with van der Waals surface area (Å²) in [6.07, 6.45) is 0. The number of nitrogens with zero attached hydrogens (tertiary/aromatic N) is 1. The van der Waals surface area contributed by atoms with Crippen molar-refractivity contribution in [3.63, 3.8) is 0 Å². The van der Waals surface area contributed by atoms with Gasteiger partial charge in [0.15, 0.2) is 0 Å². The number of aromatic amines is 1. The maximum Gasteiger partial charge on any atom is 0.121 e. The van der Waals surface area contributed by atoms with Gasteiger partial charge in [-0.15, -0.1) is 0 Å². The van der Waals surface area contributed by atoms with Crippen molar-refractivity contribution in [2.24, 2.45) is 0 Å². The Hall–Kier alpha value is -2.33. The van der Waals surface area contributed by atoms with E-state index in [0.717, 1.165) is 34.7 Å². The molecule has 96 valence electrons. The molecule has 0 fully saturated rings. The first-order valence-electron chi connectivity index (χ1n) is 6.30. The number of nitrogens with one attached hydrogen (secondary N) is 2. The maximum atomic E-state index is 5.90. The number of hydrogen-bond acceptors (Lipinski definition) is 3. The van der Waals surface area contributed by atoms with Crippen molar-refractivity contribution in [2.45, 2.75) is 13.1 Å². The molecule has 0 amide bonds. The molecule has 0 unspecified atom stereocenters. The molecule has 4 heteroatoms. The number of hydrogen-bond donors (Lipinski definition) is 3. The van der Waals surface area contributed by atoms with E-state index in [1.54, 1.807) is 0 Å². The third-order valence-electron chi connectivity index (χ3n) is 3.10. The summed E-state index contributed by atoms with van der Waals surface area (Å²) in [4.78, 5) is 7.81. The average Bonchev–Trinajstić information content (AvgIpc) is 2.83. The lowest BCUT2D eigenvalue weighted by atomic mass is 10.2. The lowest BCUT2D eigenvalue weighted by Crippen LogP contribution is -2.14. The van der Waals surface area contributed by atoms with Crippen LogP contribution in [0.2, 0.25) is 0 Å². The molecule has 1 aromatic heterocycles. The lowest BCUT2D eigenvalue weighted by molar-refractivity contribution is 0.671. The number of aromatic nitrogens is 2. The quantitative estimate of drug-likeness (QED) is 0.625. The molecule has 0 aliphatic rings. The fraction of sp³-hybridized carbons (Fsp3) is 0.133. The molecular formula is C15H16N4. The third kappa shape index (κ3) is 2.58. The molecule has 1 heterocycles. The molecule has 19 heavy (non-hydrogen) atoms. The van der Waals surface area contributed by atoms with Gasteiger partial charge in [0, 0.05) is 12.2 Å². The zero-order chi connectivity index (χ0) is 13.1. The van der Waals surface area contributed by atoms with Gasteiger partial charge in [-0.05, 0) is 23.8 Å². The van der Waals surface area contributed by atoms with Crippen LogP contribution in [0.3, 0.4) is 0 Å². The van der Waals surface area contributed by atoms with Gasteiger partial charge in [0.2, 0.25) is 0 Å². The van der Waals surface area contributed by atoms with Gasteiger partial charge >= 0.3 is 0 Å². The van der Waals surface area contributed by atoms with E-state index in [9.17, 15) is 0 Å². The van der Waals surface area contributed by atoms with Crippen LogP contribution in [-0.2, 0) is 13.1 Å². The third-order valence-corrected chi connectivity index (χ3v) is 3.10. The number of anilines is 1. The highest BCUT2D eigenvalue weighted by Gasteiger charge is 2.02. The first-order chi connectivity index (χ1) is 9.33. The van der Waals surface area contributed by atoms with Crippen molar-refractivity contribution in [3.8, 4) is 0 Å². The number of fused-ring (bicyclic) bond motifs is 1. The minimum Gasteiger partial charge on any atom is -0.398 e. The van der Waals surface area contributed by atoms with E-state index >= 15 is 0 Å². The molecule has 4 N–H and O–H groups in total. The van der Waals surface area contributed by atoms with Crippen molar-refractivity contribution >= 4 is 16.7 Å². The zero-order valence-electron chi connectivity index (χ0n) is 10.6. The monoisotopic (exact) mass is 252 g/mol. The highest BCUT2D eigenvalue weighted by atomic mass is 15.0. The molecule has 4 nitrogen and oxygen atoms in total. The molecule has 0 bridgehead atoms. The predicted molar refractivity (Wildman–Crippen MR) is 77.5 cm³/mol. The zero-order valence-corrected chi connectivity index (χ0v) is 10.6. The number of benzene rings is 2. The fourth-order valence-electron chi connectivity index (χ4n) is 2.10. The van der Waals surface area contributed by atoms with Gasteiger partial charge in [-0.1, -0.05) is 30.3 Å². The average molecular weight is 252 g/mol. The second kappa shape index (κ2) is 5.12. The summed E-state index contributed by atoms with van der Waals surface area (Å²) in [5, 5.41) is 3.35. The Kier molecular flexibility index (Phi) is 3.16. The summed E-state index contributed by atoms with van der Waals surface area (Å²) < 4.78 is 0. The number of rotatable bonds is 4. The van der Waals surface area contributed by atoms with Crippen LogP contribution in [0.15, 0.2) is 48.5 Å². The summed E-state index contributed by atoms with van der Waals surface area (Å²) in [5.41, 5.74) is 9.89. The number of nitrogens with two attached hydrogens (primary N) is 1. The Balaban J connectivity index is 1.65. The summed E-state index contributed by atoms with van der Waals surface area (Å²) in [7, 11) is 0. The van der Waals surface area contributed by atoms with E-state index < -0.39 is 0 Å². The summed E-state index contributed by atoms with van der Waals surface area (Å²) in [6, 6.07) is 15.9. The van der Waals surface area contributed by atoms with E-state index in [-0.39, 0.29) is 0 Å². The molecule has 0 saturated carbocycles. The lowest BCUT2D eigenvalue weighted by Gasteiger charge is -2.05. The van der Waals surface area contributed by atoms with E-state index in [0.29, 0.717) is 6.54 Å². The van der Waals surface area contributed by atoms with Gasteiger partial charge < -0.3 is 16.0 Å². The largest absolute Gasteiger partial charge is 0.398 e. The molecule has 0 saturated heterocycles. The van der Waals surface area contributed by atoms with Crippen LogP contribution in [0, 0.1) is 0 Å².